The van der Waals surface area contributed by atoms with Gasteiger partial charge in [0, 0.05) is 10.6 Å². The largest absolute Gasteiger partial charge is 0.363 e. The van der Waals surface area contributed by atoms with Gasteiger partial charge in [-0.3, -0.25) is 0 Å². The third kappa shape index (κ3) is 2.83. The number of nitrogens with zero attached hydrogens (tertiary/aromatic N) is 1. The molecular weight excluding hydrogens is 284 g/mol. The maximum Gasteiger partial charge on any atom is 0.126 e. The number of hydrogen-bond donors (Lipinski definition) is 1. The lowest BCUT2D eigenvalue weighted by Gasteiger charge is -2.12. The Morgan fingerprint density at radius 2 is 2.12 bits per heavy atom. The summed E-state index contributed by atoms with van der Waals surface area (Å²) in [4.78, 5) is 5.73. The Hall–Kier alpha value is -0.870. The van der Waals surface area contributed by atoms with Gasteiger partial charge in [-0.25, -0.2) is 4.98 Å². The van der Waals surface area contributed by atoms with Crippen LogP contribution in [0.5, 0.6) is 0 Å². The van der Waals surface area contributed by atoms with Crippen LogP contribution in [0.1, 0.15) is 23.5 Å². The third-order valence-electron chi connectivity index (χ3n) is 2.27. The van der Waals surface area contributed by atoms with Crippen LogP contribution in [0.3, 0.4) is 0 Å². The van der Waals surface area contributed by atoms with Crippen molar-refractivity contribution in [1.29, 1.82) is 0 Å². The molecule has 0 aliphatic heterocycles. The molecule has 0 aliphatic rings. The standard InChI is InChI=1S/C12H13BrN2S/c1-8-4-3-5-12(14-8)15-9(2)10-6-7-11(13)16-10/h3-7,9H,1-2H3,(H,14,15). The van der Waals surface area contributed by atoms with E-state index in [1.165, 1.54) is 4.88 Å². The Bertz CT molecular complexity index is 481. The molecule has 84 valence electrons. The number of halogens is 1. The quantitative estimate of drug-likeness (QED) is 0.909. The molecular formula is C12H13BrN2S. The van der Waals surface area contributed by atoms with Crippen molar-refractivity contribution in [3.8, 4) is 0 Å². The van der Waals surface area contributed by atoms with Crippen LogP contribution in [0.4, 0.5) is 5.82 Å². The van der Waals surface area contributed by atoms with Gasteiger partial charge >= 0.3 is 0 Å². The van der Waals surface area contributed by atoms with Crippen LogP contribution in [0.15, 0.2) is 34.1 Å². The predicted octanol–water partition coefficient (Wildman–Crippen LogP) is 4.39. The Labute approximate surface area is 108 Å². The number of rotatable bonds is 3. The normalized spacial score (nSPS) is 12.4. The number of aromatic nitrogens is 1. The van der Waals surface area contributed by atoms with E-state index < -0.39 is 0 Å². The first-order chi connectivity index (χ1) is 7.65. The van der Waals surface area contributed by atoms with E-state index in [0.717, 1.165) is 15.3 Å². The molecule has 4 heteroatoms. The molecule has 2 aromatic rings. The summed E-state index contributed by atoms with van der Waals surface area (Å²) >= 11 is 5.22. The molecule has 0 bridgehead atoms. The van der Waals surface area contributed by atoms with Gasteiger partial charge in [-0.15, -0.1) is 11.3 Å². The highest BCUT2D eigenvalue weighted by atomic mass is 79.9. The van der Waals surface area contributed by atoms with Crippen molar-refractivity contribution in [2.75, 3.05) is 5.32 Å². The van der Waals surface area contributed by atoms with Crippen LogP contribution in [0.25, 0.3) is 0 Å². The molecule has 2 rings (SSSR count). The average Bonchev–Trinajstić information content (AvgIpc) is 2.65. The molecule has 2 heterocycles. The summed E-state index contributed by atoms with van der Waals surface area (Å²) in [5.74, 6) is 0.928. The maximum absolute atomic E-state index is 4.43. The fraction of sp³-hybridized carbons (Fsp3) is 0.250. The minimum Gasteiger partial charge on any atom is -0.363 e. The fourth-order valence-electron chi connectivity index (χ4n) is 1.48. The average molecular weight is 297 g/mol. The Kier molecular flexibility index (Phi) is 3.61. The van der Waals surface area contributed by atoms with Gasteiger partial charge in [0.25, 0.3) is 0 Å². The Balaban J connectivity index is 2.10. The van der Waals surface area contributed by atoms with Crippen LogP contribution < -0.4 is 5.32 Å². The van der Waals surface area contributed by atoms with E-state index in [9.17, 15) is 0 Å². The highest BCUT2D eigenvalue weighted by Crippen LogP contribution is 2.28. The van der Waals surface area contributed by atoms with Crippen molar-refractivity contribution in [2.24, 2.45) is 0 Å². The zero-order valence-corrected chi connectivity index (χ0v) is 11.6. The number of hydrogen-bond acceptors (Lipinski definition) is 3. The van der Waals surface area contributed by atoms with Gasteiger partial charge in [0.15, 0.2) is 0 Å². The molecule has 1 atom stereocenters. The summed E-state index contributed by atoms with van der Waals surface area (Å²) in [7, 11) is 0. The maximum atomic E-state index is 4.43. The van der Waals surface area contributed by atoms with Gasteiger partial charge < -0.3 is 5.32 Å². The smallest absolute Gasteiger partial charge is 0.126 e. The molecule has 0 saturated carbocycles. The SMILES string of the molecule is Cc1cccc(NC(C)c2ccc(Br)s2)n1. The van der Waals surface area contributed by atoms with E-state index in [1.54, 1.807) is 11.3 Å². The van der Waals surface area contributed by atoms with Crippen LogP contribution in [0, 0.1) is 6.92 Å². The van der Waals surface area contributed by atoms with Crippen LogP contribution in [0.2, 0.25) is 0 Å². The summed E-state index contributed by atoms with van der Waals surface area (Å²) < 4.78 is 1.16. The van der Waals surface area contributed by atoms with E-state index in [0.29, 0.717) is 0 Å². The van der Waals surface area contributed by atoms with Gasteiger partial charge in [0.05, 0.1) is 9.83 Å². The van der Waals surface area contributed by atoms with E-state index >= 15 is 0 Å². The number of anilines is 1. The number of aryl methyl sites for hydroxylation is 1. The van der Waals surface area contributed by atoms with Gasteiger partial charge in [0.2, 0.25) is 0 Å². The van der Waals surface area contributed by atoms with Crippen molar-refractivity contribution < 1.29 is 0 Å². The topological polar surface area (TPSA) is 24.9 Å². The molecule has 16 heavy (non-hydrogen) atoms. The lowest BCUT2D eigenvalue weighted by atomic mass is 10.2. The second-order valence-corrected chi connectivity index (χ2v) is 6.17. The van der Waals surface area contributed by atoms with Gasteiger partial charge in [-0.2, -0.15) is 0 Å². The summed E-state index contributed by atoms with van der Waals surface area (Å²) in [5, 5.41) is 3.39. The summed E-state index contributed by atoms with van der Waals surface area (Å²) in [6.07, 6.45) is 0. The van der Waals surface area contributed by atoms with Crippen molar-refractivity contribution in [2.45, 2.75) is 19.9 Å². The third-order valence-corrected chi connectivity index (χ3v) is 4.08. The second kappa shape index (κ2) is 4.97. The molecule has 0 amide bonds. The lowest BCUT2D eigenvalue weighted by molar-refractivity contribution is 0.894. The Morgan fingerprint density at radius 3 is 2.75 bits per heavy atom. The van der Waals surface area contributed by atoms with Crippen LogP contribution in [-0.2, 0) is 0 Å². The predicted molar refractivity (Wildman–Crippen MR) is 73.0 cm³/mol. The fourth-order valence-corrected chi connectivity index (χ4v) is 2.90. The lowest BCUT2D eigenvalue weighted by Crippen LogP contribution is -2.06. The minimum atomic E-state index is 0.283. The van der Waals surface area contributed by atoms with Crippen molar-refractivity contribution in [1.82, 2.24) is 4.98 Å². The van der Waals surface area contributed by atoms with Crippen LogP contribution >= 0.6 is 27.3 Å². The molecule has 1 N–H and O–H groups in total. The number of thiophene rings is 1. The highest BCUT2D eigenvalue weighted by molar-refractivity contribution is 9.11. The zero-order chi connectivity index (χ0) is 11.5. The molecule has 2 aromatic heterocycles. The van der Waals surface area contributed by atoms with Crippen molar-refractivity contribution >= 4 is 33.1 Å². The summed E-state index contributed by atoms with van der Waals surface area (Å²) in [5.41, 5.74) is 1.03. The molecule has 0 fully saturated rings. The van der Waals surface area contributed by atoms with Gasteiger partial charge in [-0.05, 0) is 54.0 Å². The molecule has 0 aliphatic carbocycles. The van der Waals surface area contributed by atoms with E-state index in [1.807, 2.05) is 25.1 Å². The first-order valence-corrected chi connectivity index (χ1v) is 6.71. The second-order valence-electron chi connectivity index (χ2n) is 3.67. The molecule has 2 nitrogen and oxygen atoms in total. The number of pyridine rings is 1. The zero-order valence-electron chi connectivity index (χ0n) is 9.20. The molecule has 0 spiro atoms. The van der Waals surface area contributed by atoms with Gasteiger partial charge in [0.1, 0.15) is 5.82 Å². The first-order valence-electron chi connectivity index (χ1n) is 5.10. The minimum absolute atomic E-state index is 0.283. The monoisotopic (exact) mass is 296 g/mol. The van der Waals surface area contributed by atoms with Crippen LogP contribution in [-0.4, -0.2) is 4.98 Å². The molecule has 0 aromatic carbocycles. The molecule has 0 radical (unpaired) electrons. The van der Waals surface area contributed by atoms with Gasteiger partial charge in [-0.1, -0.05) is 6.07 Å². The molecule has 1 unspecified atom stereocenters. The van der Waals surface area contributed by atoms with Crippen molar-refractivity contribution in [3.05, 3.63) is 44.7 Å². The molecule has 0 saturated heterocycles. The van der Waals surface area contributed by atoms with Crippen molar-refractivity contribution in [3.63, 3.8) is 0 Å². The highest BCUT2D eigenvalue weighted by Gasteiger charge is 2.08. The first kappa shape index (κ1) is 11.6. The van der Waals surface area contributed by atoms with E-state index in [-0.39, 0.29) is 6.04 Å². The van der Waals surface area contributed by atoms with E-state index in [4.69, 9.17) is 0 Å². The summed E-state index contributed by atoms with van der Waals surface area (Å²) in [6.45, 7) is 4.14. The Morgan fingerprint density at radius 1 is 1.31 bits per heavy atom. The summed E-state index contributed by atoms with van der Waals surface area (Å²) in [6, 6.07) is 10.5. The number of nitrogens with one attached hydrogen (secondary N) is 1. The van der Waals surface area contributed by atoms with E-state index in [2.05, 4.69) is 45.3 Å².